The Bertz CT molecular complexity index is 1150. The van der Waals surface area contributed by atoms with Crippen molar-refractivity contribution in [1.82, 2.24) is 30.1 Å². The number of nitrogens with one attached hydrogen (secondary N) is 1. The normalized spacial score (nSPS) is 14.1. The summed E-state index contributed by atoms with van der Waals surface area (Å²) >= 11 is 0. The molecule has 28 heavy (non-hydrogen) atoms. The molecule has 1 fully saturated rings. The molecule has 0 unspecified atom stereocenters. The fourth-order valence-electron chi connectivity index (χ4n) is 2.82. The molecule has 0 saturated heterocycles. The van der Waals surface area contributed by atoms with Crippen LogP contribution in [0.1, 0.15) is 36.2 Å². The molecule has 1 aliphatic rings. The van der Waals surface area contributed by atoms with Crippen LogP contribution in [-0.2, 0) is 11.3 Å². The standard InChI is InChI=1S/C19H16N6O3/c26-17(6-5-14-2-1-9-27-14)20-11-16-23-22-15-10-13(7-8-25(15)16)19-21-18(24-28-19)12-3-4-12/h1-2,5-10,12H,3-4,11H2,(H,20,26). The summed E-state index contributed by atoms with van der Waals surface area (Å²) in [7, 11) is 0. The van der Waals surface area contributed by atoms with E-state index in [-0.39, 0.29) is 12.5 Å². The van der Waals surface area contributed by atoms with Crippen LogP contribution in [0.5, 0.6) is 0 Å². The van der Waals surface area contributed by atoms with Gasteiger partial charge in [-0.15, -0.1) is 10.2 Å². The quantitative estimate of drug-likeness (QED) is 0.515. The van der Waals surface area contributed by atoms with E-state index in [1.54, 1.807) is 28.9 Å². The number of aromatic nitrogens is 5. The molecule has 4 aromatic rings. The van der Waals surface area contributed by atoms with Gasteiger partial charge in [-0.3, -0.25) is 9.20 Å². The summed E-state index contributed by atoms with van der Waals surface area (Å²) in [6, 6.07) is 7.22. The third kappa shape index (κ3) is 3.29. The number of furan rings is 1. The predicted octanol–water partition coefficient (Wildman–Crippen LogP) is 2.58. The smallest absolute Gasteiger partial charge is 0.258 e. The van der Waals surface area contributed by atoms with Gasteiger partial charge in [0.15, 0.2) is 17.3 Å². The van der Waals surface area contributed by atoms with Crippen LogP contribution in [-0.4, -0.2) is 30.6 Å². The minimum absolute atomic E-state index is 0.244. The average molecular weight is 376 g/mol. The molecule has 1 N–H and O–H groups in total. The lowest BCUT2D eigenvalue weighted by molar-refractivity contribution is -0.116. The van der Waals surface area contributed by atoms with E-state index in [1.165, 1.54) is 6.08 Å². The Hall–Kier alpha value is -3.75. The Balaban J connectivity index is 1.28. The van der Waals surface area contributed by atoms with Crippen molar-refractivity contribution in [3.8, 4) is 11.5 Å². The molecule has 0 radical (unpaired) electrons. The number of carbonyl (C=O) groups is 1. The zero-order valence-electron chi connectivity index (χ0n) is 14.8. The third-order valence-corrected chi connectivity index (χ3v) is 4.47. The van der Waals surface area contributed by atoms with Crippen LogP contribution in [0.15, 0.2) is 51.7 Å². The van der Waals surface area contributed by atoms with E-state index in [1.807, 2.05) is 18.3 Å². The maximum absolute atomic E-state index is 11.9. The topological polar surface area (TPSA) is 111 Å². The molecule has 0 aromatic carbocycles. The van der Waals surface area contributed by atoms with Gasteiger partial charge >= 0.3 is 0 Å². The molecule has 0 atom stereocenters. The molecule has 0 bridgehead atoms. The molecule has 1 saturated carbocycles. The Morgan fingerprint density at radius 3 is 3.07 bits per heavy atom. The van der Waals surface area contributed by atoms with Crippen molar-refractivity contribution in [3.05, 3.63) is 60.2 Å². The zero-order chi connectivity index (χ0) is 18.9. The second-order valence-corrected chi connectivity index (χ2v) is 6.56. The highest BCUT2D eigenvalue weighted by atomic mass is 16.5. The van der Waals surface area contributed by atoms with Crippen LogP contribution in [0, 0.1) is 0 Å². The number of carbonyl (C=O) groups excluding carboxylic acids is 1. The largest absolute Gasteiger partial charge is 0.465 e. The molecular weight excluding hydrogens is 360 g/mol. The van der Waals surface area contributed by atoms with E-state index in [4.69, 9.17) is 8.94 Å². The van der Waals surface area contributed by atoms with E-state index in [2.05, 4.69) is 25.7 Å². The van der Waals surface area contributed by atoms with Crippen LogP contribution < -0.4 is 5.32 Å². The second-order valence-electron chi connectivity index (χ2n) is 6.56. The highest BCUT2D eigenvalue weighted by molar-refractivity contribution is 5.91. The van der Waals surface area contributed by atoms with E-state index in [9.17, 15) is 4.79 Å². The number of rotatable bonds is 6. The first kappa shape index (κ1) is 16.4. The maximum Gasteiger partial charge on any atom is 0.258 e. The summed E-state index contributed by atoms with van der Waals surface area (Å²) in [6.07, 6.45) is 8.63. The number of pyridine rings is 1. The number of amides is 1. The van der Waals surface area contributed by atoms with Crippen molar-refractivity contribution < 1.29 is 13.7 Å². The van der Waals surface area contributed by atoms with E-state index >= 15 is 0 Å². The summed E-state index contributed by atoms with van der Waals surface area (Å²) in [6.45, 7) is 0.244. The lowest BCUT2D eigenvalue weighted by Crippen LogP contribution is -2.21. The molecule has 1 aliphatic carbocycles. The van der Waals surface area contributed by atoms with Crippen molar-refractivity contribution in [2.45, 2.75) is 25.3 Å². The summed E-state index contributed by atoms with van der Waals surface area (Å²) in [5.41, 5.74) is 1.43. The van der Waals surface area contributed by atoms with Crippen LogP contribution >= 0.6 is 0 Å². The maximum atomic E-state index is 11.9. The summed E-state index contributed by atoms with van der Waals surface area (Å²) < 4.78 is 12.3. The summed E-state index contributed by atoms with van der Waals surface area (Å²) in [5, 5.41) is 15.1. The van der Waals surface area contributed by atoms with Gasteiger partial charge in [-0.1, -0.05) is 5.16 Å². The molecular formula is C19H16N6O3. The van der Waals surface area contributed by atoms with Gasteiger partial charge < -0.3 is 14.3 Å². The zero-order valence-corrected chi connectivity index (χ0v) is 14.8. The van der Waals surface area contributed by atoms with E-state index in [0.717, 1.165) is 24.2 Å². The van der Waals surface area contributed by atoms with Crippen LogP contribution in [0.4, 0.5) is 0 Å². The lowest BCUT2D eigenvalue weighted by atomic mass is 10.2. The van der Waals surface area contributed by atoms with Gasteiger partial charge in [0.05, 0.1) is 12.8 Å². The number of fused-ring (bicyclic) bond motifs is 1. The van der Waals surface area contributed by atoms with Gasteiger partial charge in [0, 0.05) is 23.8 Å². The lowest BCUT2D eigenvalue weighted by Gasteiger charge is -2.02. The predicted molar refractivity (Wildman–Crippen MR) is 97.8 cm³/mol. The summed E-state index contributed by atoms with van der Waals surface area (Å²) in [4.78, 5) is 16.4. The van der Waals surface area contributed by atoms with Gasteiger partial charge in [0.2, 0.25) is 5.91 Å². The minimum atomic E-state index is -0.247. The molecule has 9 nitrogen and oxygen atoms in total. The number of hydrogen-bond donors (Lipinski definition) is 1. The Labute approximate surface area is 159 Å². The van der Waals surface area contributed by atoms with Crippen molar-refractivity contribution in [1.29, 1.82) is 0 Å². The van der Waals surface area contributed by atoms with Gasteiger partial charge in [-0.25, -0.2) is 0 Å². The molecule has 9 heteroatoms. The van der Waals surface area contributed by atoms with E-state index in [0.29, 0.717) is 29.0 Å². The second kappa shape index (κ2) is 6.76. The monoisotopic (exact) mass is 376 g/mol. The Morgan fingerprint density at radius 1 is 1.32 bits per heavy atom. The summed E-state index contributed by atoms with van der Waals surface area (Å²) in [5.74, 6) is 2.66. The molecule has 140 valence electrons. The van der Waals surface area contributed by atoms with Gasteiger partial charge in [0.25, 0.3) is 5.89 Å². The molecule has 0 spiro atoms. The SMILES string of the molecule is O=C(C=Cc1ccco1)NCc1nnc2cc(-c3nc(C4CC4)no3)ccn12. The van der Waals surface area contributed by atoms with Crippen molar-refractivity contribution in [3.63, 3.8) is 0 Å². The van der Waals surface area contributed by atoms with Crippen LogP contribution in [0.25, 0.3) is 23.2 Å². The van der Waals surface area contributed by atoms with Gasteiger partial charge in [-0.2, -0.15) is 4.98 Å². The van der Waals surface area contributed by atoms with Crippen LogP contribution in [0.2, 0.25) is 0 Å². The number of hydrogen-bond acceptors (Lipinski definition) is 7. The molecule has 4 aromatic heterocycles. The molecule has 5 rings (SSSR count). The average Bonchev–Trinajstić information content (AvgIpc) is 3.14. The first-order valence-corrected chi connectivity index (χ1v) is 8.93. The Kier molecular flexibility index (Phi) is 3.97. The fourth-order valence-corrected chi connectivity index (χ4v) is 2.82. The third-order valence-electron chi connectivity index (χ3n) is 4.47. The molecule has 0 aliphatic heterocycles. The van der Waals surface area contributed by atoms with Gasteiger partial charge in [0.1, 0.15) is 5.76 Å². The molecule has 4 heterocycles. The Morgan fingerprint density at radius 2 is 2.25 bits per heavy atom. The van der Waals surface area contributed by atoms with Crippen molar-refractivity contribution in [2.75, 3.05) is 0 Å². The highest BCUT2D eigenvalue weighted by Crippen LogP contribution is 2.38. The fraction of sp³-hybridized carbons (Fsp3) is 0.211. The van der Waals surface area contributed by atoms with E-state index < -0.39 is 0 Å². The van der Waals surface area contributed by atoms with Gasteiger partial charge in [-0.05, 0) is 43.2 Å². The minimum Gasteiger partial charge on any atom is -0.465 e. The number of nitrogens with zero attached hydrogens (tertiary/aromatic N) is 5. The van der Waals surface area contributed by atoms with Crippen molar-refractivity contribution >= 4 is 17.6 Å². The molecule has 1 amide bonds. The highest BCUT2D eigenvalue weighted by Gasteiger charge is 2.29. The van der Waals surface area contributed by atoms with Crippen molar-refractivity contribution in [2.24, 2.45) is 0 Å². The van der Waals surface area contributed by atoms with Crippen LogP contribution in [0.3, 0.4) is 0 Å². The first-order valence-electron chi connectivity index (χ1n) is 8.93. The first-order chi connectivity index (χ1) is 13.8.